The number of fused-ring (bicyclic) bond motifs is 2. The number of carboxylic acid groups (broad SMARTS) is 1. The van der Waals surface area contributed by atoms with Crippen LogP contribution in [0, 0.1) is 0 Å². The van der Waals surface area contributed by atoms with Crippen LogP contribution in [0.5, 0.6) is 0 Å². The largest absolute Gasteiger partial charge is 0.480 e. The molecule has 0 radical (unpaired) electrons. The lowest BCUT2D eigenvalue weighted by atomic mass is 9.84. The first-order valence-corrected chi connectivity index (χ1v) is 7.60. The molecule has 0 saturated carbocycles. The van der Waals surface area contributed by atoms with Gasteiger partial charge in [0.05, 0.1) is 5.69 Å². The molecule has 6 heteroatoms. The van der Waals surface area contributed by atoms with Gasteiger partial charge >= 0.3 is 5.97 Å². The number of piperidine rings is 1. The van der Waals surface area contributed by atoms with Crippen LogP contribution < -0.4 is 5.32 Å². The van der Waals surface area contributed by atoms with Gasteiger partial charge in [0, 0.05) is 22.8 Å². The molecule has 5 nitrogen and oxygen atoms in total. The average molecular weight is 341 g/mol. The number of carbonyl (C=O) groups is 1. The van der Waals surface area contributed by atoms with E-state index >= 15 is 0 Å². The normalized spacial score (nSPS) is 32.2. The summed E-state index contributed by atoms with van der Waals surface area (Å²) < 4.78 is 6.73. The molecule has 2 bridgehead atoms. The molecule has 0 aliphatic carbocycles. The van der Waals surface area contributed by atoms with E-state index in [2.05, 4.69) is 26.2 Å². The maximum absolute atomic E-state index is 10.9. The number of pyridine rings is 1. The van der Waals surface area contributed by atoms with Crippen LogP contribution in [0.25, 0.3) is 0 Å². The molecule has 108 valence electrons. The van der Waals surface area contributed by atoms with E-state index in [4.69, 9.17) is 9.84 Å². The molecule has 1 aromatic heterocycles. The van der Waals surface area contributed by atoms with Crippen LogP contribution >= 0.6 is 15.9 Å². The van der Waals surface area contributed by atoms with E-state index in [-0.39, 0.29) is 6.61 Å². The number of nitrogens with one attached hydrogen (secondary N) is 1. The van der Waals surface area contributed by atoms with Crippen LogP contribution in [0.2, 0.25) is 0 Å². The molecule has 2 unspecified atom stereocenters. The molecule has 3 rings (SSSR count). The maximum atomic E-state index is 10.9. The fourth-order valence-corrected chi connectivity index (χ4v) is 3.58. The summed E-state index contributed by atoms with van der Waals surface area (Å²) in [5, 5.41) is 12.5. The van der Waals surface area contributed by atoms with Gasteiger partial charge < -0.3 is 15.2 Å². The Labute approximate surface area is 125 Å². The van der Waals surface area contributed by atoms with Gasteiger partial charge in [-0.2, -0.15) is 0 Å². The van der Waals surface area contributed by atoms with Crippen LogP contribution in [0.15, 0.2) is 22.8 Å². The van der Waals surface area contributed by atoms with E-state index in [1.807, 2.05) is 12.1 Å². The Hall–Kier alpha value is -0.980. The molecule has 2 aliphatic heterocycles. The monoisotopic (exact) mass is 340 g/mol. The van der Waals surface area contributed by atoms with Gasteiger partial charge in [-0.1, -0.05) is 0 Å². The SMILES string of the molecule is O=C(O)COC1(c2ccc(Br)cn2)CC2CCC(C1)N2. The molecule has 2 N–H and O–H groups in total. The summed E-state index contributed by atoms with van der Waals surface area (Å²) in [5.74, 6) is -0.938. The summed E-state index contributed by atoms with van der Waals surface area (Å²) in [7, 11) is 0. The lowest BCUT2D eigenvalue weighted by molar-refractivity contribution is -0.154. The van der Waals surface area contributed by atoms with Gasteiger partial charge in [0.25, 0.3) is 0 Å². The van der Waals surface area contributed by atoms with Gasteiger partial charge in [-0.3, -0.25) is 4.98 Å². The number of carboxylic acids is 1. The fourth-order valence-electron chi connectivity index (χ4n) is 3.35. The molecular formula is C14H17BrN2O3. The zero-order valence-corrected chi connectivity index (χ0v) is 12.6. The minimum Gasteiger partial charge on any atom is -0.480 e. The number of hydrogen-bond donors (Lipinski definition) is 2. The third kappa shape index (κ3) is 2.73. The summed E-state index contributed by atoms with van der Waals surface area (Å²) in [4.78, 5) is 15.3. The van der Waals surface area contributed by atoms with Crippen molar-refractivity contribution in [3.8, 4) is 0 Å². The molecular weight excluding hydrogens is 324 g/mol. The van der Waals surface area contributed by atoms with Gasteiger partial charge in [0.2, 0.25) is 0 Å². The van der Waals surface area contributed by atoms with Crippen molar-refractivity contribution >= 4 is 21.9 Å². The molecule has 2 fully saturated rings. The number of hydrogen-bond acceptors (Lipinski definition) is 4. The van der Waals surface area contributed by atoms with Crippen molar-refractivity contribution in [1.29, 1.82) is 0 Å². The number of halogens is 1. The Balaban J connectivity index is 1.90. The summed E-state index contributed by atoms with van der Waals surface area (Å²) in [6.45, 7) is -0.281. The highest BCUT2D eigenvalue weighted by atomic mass is 79.9. The van der Waals surface area contributed by atoms with Crippen molar-refractivity contribution in [2.24, 2.45) is 0 Å². The number of ether oxygens (including phenoxy) is 1. The second-order valence-electron chi connectivity index (χ2n) is 5.58. The van der Waals surface area contributed by atoms with Gasteiger partial charge in [-0.05, 0) is 53.7 Å². The Morgan fingerprint density at radius 1 is 1.45 bits per heavy atom. The van der Waals surface area contributed by atoms with Gasteiger partial charge in [-0.25, -0.2) is 4.79 Å². The van der Waals surface area contributed by atoms with E-state index in [1.165, 1.54) is 0 Å². The van der Waals surface area contributed by atoms with Crippen LogP contribution in [-0.2, 0) is 15.1 Å². The van der Waals surface area contributed by atoms with E-state index in [0.29, 0.717) is 12.1 Å². The Morgan fingerprint density at radius 2 is 2.15 bits per heavy atom. The smallest absolute Gasteiger partial charge is 0.329 e. The van der Waals surface area contributed by atoms with Crippen LogP contribution in [-0.4, -0.2) is 34.8 Å². The first-order valence-electron chi connectivity index (χ1n) is 6.81. The molecule has 3 heterocycles. The third-order valence-corrected chi connectivity index (χ3v) is 4.62. The highest BCUT2D eigenvalue weighted by molar-refractivity contribution is 9.10. The quantitative estimate of drug-likeness (QED) is 0.877. The standard InChI is InChI=1S/C14H17BrN2O3/c15-9-1-4-12(16-7-9)14(20-8-13(18)19)5-10-2-3-11(6-14)17-10/h1,4,7,10-11,17H,2-3,5-6,8H2,(H,18,19). The van der Waals surface area contributed by atoms with E-state index in [0.717, 1.165) is 35.8 Å². The summed E-state index contributed by atoms with van der Waals surface area (Å²) in [6.07, 6.45) is 5.56. The van der Waals surface area contributed by atoms with Crippen molar-refractivity contribution in [3.63, 3.8) is 0 Å². The number of rotatable bonds is 4. The molecule has 0 amide bonds. The average Bonchev–Trinajstić information content (AvgIpc) is 2.77. The zero-order chi connectivity index (χ0) is 14.2. The van der Waals surface area contributed by atoms with E-state index < -0.39 is 11.6 Å². The predicted octanol–water partition coefficient (Wildman–Crippen LogP) is 2.06. The summed E-state index contributed by atoms with van der Waals surface area (Å²) in [5.41, 5.74) is 0.260. The summed E-state index contributed by atoms with van der Waals surface area (Å²) in [6, 6.07) is 4.65. The first kappa shape index (κ1) is 14.0. The van der Waals surface area contributed by atoms with Crippen molar-refractivity contribution in [3.05, 3.63) is 28.5 Å². The molecule has 0 aromatic carbocycles. The number of aliphatic carboxylic acids is 1. The highest BCUT2D eigenvalue weighted by Gasteiger charge is 2.46. The van der Waals surface area contributed by atoms with Crippen LogP contribution in [0.1, 0.15) is 31.4 Å². The van der Waals surface area contributed by atoms with E-state index in [9.17, 15) is 4.79 Å². The molecule has 2 saturated heterocycles. The zero-order valence-electron chi connectivity index (χ0n) is 11.0. The van der Waals surface area contributed by atoms with Gasteiger partial charge in [0.1, 0.15) is 12.2 Å². The molecule has 1 aromatic rings. The van der Waals surface area contributed by atoms with Crippen molar-refractivity contribution in [1.82, 2.24) is 10.3 Å². The fraction of sp³-hybridized carbons (Fsp3) is 0.571. The number of nitrogens with zero attached hydrogens (tertiary/aromatic N) is 1. The molecule has 20 heavy (non-hydrogen) atoms. The second-order valence-corrected chi connectivity index (χ2v) is 6.50. The van der Waals surface area contributed by atoms with Crippen LogP contribution in [0.4, 0.5) is 0 Å². The summed E-state index contributed by atoms with van der Waals surface area (Å²) >= 11 is 3.38. The Morgan fingerprint density at radius 3 is 2.70 bits per heavy atom. The Kier molecular flexibility index (Phi) is 3.79. The lowest BCUT2D eigenvalue weighted by Gasteiger charge is -2.40. The second kappa shape index (κ2) is 5.42. The van der Waals surface area contributed by atoms with Crippen molar-refractivity contribution < 1.29 is 14.6 Å². The molecule has 2 aliphatic rings. The minimum atomic E-state index is -0.938. The topological polar surface area (TPSA) is 71.5 Å². The maximum Gasteiger partial charge on any atom is 0.329 e. The molecule has 2 atom stereocenters. The van der Waals surface area contributed by atoms with E-state index in [1.54, 1.807) is 6.20 Å². The first-order chi connectivity index (χ1) is 9.57. The van der Waals surface area contributed by atoms with Gasteiger partial charge in [-0.15, -0.1) is 0 Å². The predicted molar refractivity (Wildman–Crippen MR) is 76.4 cm³/mol. The highest BCUT2D eigenvalue weighted by Crippen LogP contribution is 2.43. The minimum absolute atomic E-state index is 0.281. The number of aromatic nitrogens is 1. The van der Waals surface area contributed by atoms with Crippen LogP contribution in [0.3, 0.4) is 0 Å². The third-order valence-electron chi connectivity index (χ3n) is 4.15. The molecule has 0 spiro atoms. The van der Waals surface area contributed by atoms with Crippen molar-refractivity contribution in [2.75, 3.05) is 6.61 Å². The lowest BCUT2D eigenvalue weighted by Crippen LogP contribution is -2.49. The van der Waals surface area contributed by atoms with Gasteiger partial charge in [0.15, 0.2) is 0 Å². The Bertz CT molecular complexity index is 494. The van der Waals surface area contributed by atoms with Crippen molar-refractivity contribution in [2.45, 2.75) is 43.4 Å².